The zero-order chi connectivity index (χ0) is 21.1. The van der Waals surface area contributed by atoms with Crippen molar-refractivity contribution in [2.24, 2.45) is 0 Å². The lowest BCUT2D eigenvalue weighted by atomic mass is 10.0. The first-order chi connectivity index (χ1) is 13.7. The highest BCUT2D eigenvalue weighted by Crippen LogP contribution is 2.23. The third-order valence-electron chi connectivity index (χ3n) is 4.35. The van der Waals surface area contributed by atoms with Gasteiger partial charge in [0.05, 0.1) is 0 Å². The van der Waals surface area contributed by atoms with Crippen LogP contribution in [0.1, 0.15) is 37.5 Å². The van der Waals surface area contributed by atoms with Gasteiger partial charge in [0.25, 0.3) is 11.8 Å². The first-order valence-corrected chi connectivity index (χ1v) is 8.86. The van der Waals surface area contributed by atoms with E-state index in [-0.39, 0.29) is 22.9 Å². The second-order valence-corrected chi connectivity index (χ2v) is 6.74. The van der Waals surface area contributed by atoms with Gasteiger partial charge >= 0.3 is 0 Å². The molecular formula is C22H19F2N3O2. The molecule has 5 nitrogen and oxygen atoms in total. The van der Waals surface area contributed by atoms with Gasteiger partial charge in [0.1, 0.15) is 5.69 Å². The first kappa shape index (κ1) is 20.1. The van der Waals surface area contributed by atoms with E-state index in [2.05, 4.69) is 15.6 Å². The summed E-state index contributed by atoms with van der Waals surface area (Å²) in [6, 6.07) is 9.77. The van der Waals surface area contributed by atoms with E-state index in [1.165, 1.54) is 24.4 Å². The molecule has 2 amide bonds. The number of hydrogen-bond donors (Lipinski definition) is 2. The van der Waals surface area contributed by atoms with Gasteiger partial charge in [0.2, 0.25) is 0 Å². The summed E-state index contributed by atoms with van der Waals surface area (Å²) in [6.45, 7) is 5.79. The van der Waals surface area contributed by atoms with Crippen LogP contribution in [0.15, 0.2) is 48.7 Å². The van der Waals surface area contributed by atoms with Crippen LogP contribution in [0, 0.1) is 32.4 Å². The molecule has 0 saturated heterocycles. The van der Waals surface area contributed by atoms with Crippen molar-refractivity contribution in [3.05, 3.63) is 88.2 Å². The average molecular weight is 395 g/mol. The summed E-state index contributed by atoms with van der Waals surface area (Å²) in [5, 5.41) is 5.29. The molecule has 0 radical (unpaired) electrons. The third kappa shape index (κ3) is 4.63. The number of nitrogens with zero attached hydrogens (tertiary/aromatic N) is 1. The topological polar surface area (TPSA) is 71.1 Å². The summed E-state index contributed by atoms with van der Waals surface area (Å²) in [5.41, 5.74) is 3.97. The van der Waals surface area contributed by atoms with Crippen LogP contribution in [-0.2, 0) is 0 Å². The summed E-state index contributed by atoms with van der Waals surface area (Å²) >= 11 is 0. The van der Waals surface area contributed by atoms with Crippen LogP contribution in [0.5, 0.6) is 0 Å². The first-order valence-electron chi connectivity index (χ1n) is 8.86. The van der Waals surface area contributed by atoms with Gasteiger partial charge in [-0.1, -0.05) is 17.7 Å². The maximum absolute atomic E-state index is 13.3. The predicted octanol–water partition coefficient (Wildman–Crippen LogP) is 4.79. The highest BCUT2D eigenvalue weighted by atomic mass is 19.2. The molecule has 2 N–H and O–H groups in total. The van der Waals surface area contributed by atoms with Gasteiger partial charge < -0.3 is 10.6 Å². The van der Waals surface area contributed by atoms with E-state index < -0.39 is 17.5 Å². The van der Waals surface area contributed by atoms with E-state index in [9.17, 15) is 18.4 Å². The second kappa shape index (κ2) is 8.18. The zero-order valence-corrected chi connectivity index (χ0v) is 16.1. The molecule has 3 rings (SSSR count). The van der Waals surface area contributed by atoms with Crippen LogP contribution in [0.25, 0.3) is 0 Å². The van der Waals surface area contributed by atoms with Gasteiger partial charge in [0, 0.05) is 29.2 Å². The number of halogens is 2. The Morgan fingerprint density at radius 3 is 2.17 bits per heavy atom. The normalized spacial score (nSPS) is 10.5. The van der Waals surface area contributed by atoms with Gasteiger partial charge in [-0.3, -0.25) is 14.6 Å². The molecule has 3 aromatic rings. The van der Waals surface area contributed by atoms with E-state index in [1.807, 2.05) is 32.9 Å². The monoisotopic (exact) mass is 395 g/mol. The lowest BCUT2D eigenvalue weighted by Crippen LogP contribution is -2.17. The lowest BCUT2D eigenvalue weighted by Gasteiger charge is -2.13. The molecule has 0 unspecified atom stereocenters. The number of hydrogen-bond acceptors (Lipinski definition) is 3. The van der Waals surface area contributed by atoms with E-state index in [0.29, 0.717) is 5.69 Å². The number of carbonyl (C=O) groups excluding carboxylic acids is 2. The van der Waals surface area contributed by atoms with Gasteiger partial charge in [-0.2, -0.15) is 0 Å². The molecule has 0 bridgehead atoms. The number of amides is 2. The Morgan fingerprint density at radius 1 is 0.828 bits per heavy atom. The fourth-order valence-electron chi connectivity index (χ4n) is 3.03. The van der Waals surface area contributed by atoms with Crippen molar-refractivity contribution >= 4 is 23.2 Å². The smallest absolute Gasteiger partial charge is 0.274 e. The quantitative estimate of drug-likeness (QED) is 0.667. The van der Waals surface area contributed by atoms with E-state index in [0.717, 1.165) is 28.8 Å². The molecule has 1 heterocycles. The van der Waals surface area contributed by atoms with Gasteiger partial charge in [-0.25, -0.2) is 8.78 Å². The van der Waals surface area contributed by atoms with Crippen molar-refractivity contribution in [1.82, 2.24) is 4.98 Å². The number of pyridine rings is 1. The van der Waals surface area contributed by atoms with Gasteiger partial charge in [-0.15, -0.1) is 0 Å². The molecule has 0 spiro atoms. The second-order valence-electron chi connectivity index (χ2n) is 6.74. The molecular weight excluding hydrogens is 376 g/mol. The molecule has 0 fully saturated rings. The number of aryl methyl sites for hydroxylation is 3. The molecule has 2 aromatic carbocycles. The van der Waals surface area contributed by atoms with Crippen LogP contribution in [-0.4, -0.2) is 16.8 Å². The van der Waals surface area contributed by atoms with Crippen molar-refractivity contribution in [2.45, 2.75) is 20.8 Å². The summed E-state index contributed by atoms with van der Waals surface area (Å²) in [4.78, 5) is 29.0. The van der Waals surface area contributed by atoms with Crippen molar-refractivity contribution in [3.63, 3.8) is 0 Å². The SMILES string of the molecule is Cc1cc(C)c(NC(=O)c2ccnc(C(=O)Nc3ccc(F)c(F)c3)c2)c(C)c1. The summed E-state index contributed by atoms with van der Waals surface area (Å²) < 4.78 is 26.3. The maximum Gasteiger partial charge on any atom is 0.274 e. The molecule has 0 aliphatic carbocycles. The Balaban J connectivity index is 1.79. The summed E-state index contributed by atoms with van der Waals surface area (Å²) in [7, 11) is 0. The third-order valence-corrected chi connectivity index (χ3v) is 4.35. The fourth-order valence-corrected chi connectivity index (χ4v) is 3.03. The number of carbonyl (C=O) groups is 2. The highest BCUT2D eigenvalue weighted by Gasteiger charge is 2.15. The largest absolute Gasteiger partial charge is 0.322 e. The Hall–Kier alpha value is -3.61. The van der Waals surface area contributed by atoms with Crippen molar-refractivity contribution in [3.8, 4) is 0 Å². The Bertz CT molecular complexity index is 1090. The van der Waals surface area contributed by atoms with Crippen LogP contribution in [0.3, 0.4) is 0 Å². The number of aromatic nitrogens is 1. The van der Waals surface area contributed by atoms with Gasteiger partial charge in [-0.05, 0) is 56.2 Å². The Kier molecular flexibility index (Phi) is 5.68. The van der Waals surface area contributed by atoms with E-state index in [1.54, 1.807) is 0 Å². The number of rotatable bonds is 4. The Morgan fingerprint density at radius 2 is 1.52 bits per heavy atom. The summed E-state index contributed by atoms with van der Waals surface area (Å²) in [6.07, 6.45) is 1.34. The van der Waals surface area contributed by atoms with Crippen molar-refractivity contribution in [2.75, 3.05) is 10.6 Å². The standard InChI is InChI=1S/C22H19F2N3O2/c1-12-8-13(2)20(14(3)9-12)27-21(28)15-6-7-25-19(10-15)22(29)26-16-4-5-17(23)18(24)11-16/h4-11H,1-3H3,(H,26,29)(H,27,28). The molecule has 0 saturated carbocycles. The minimum atomic E-state index is -1.08. The van der Waals surface area contributed by atoms with Crippen LogP contribution in [0.4, 0.5) is 20.2 Å². The molecule has 0 aliphatic heterocycles. The lowest BCUT2D eigenvalue weighted by molar-refractivity contribution is 0.102. The predicted molar refractivity (Wildman–Crippen MR) is 107 cm³/mol. The molecule has 0 atom stereocenters. The Labute approximate surface area is 166 Å². The number of benzene rings is 2. The van der Waals surface area contributed by atoms with Crippen LogP contribution >= 0.6 is 0 Å². The van der Waals surface area contributed by atoms with E-state index >= 15 is 0 Å². The van der Waals surface area contributed by atoms with Gasteiger partial charge in [0.15, 0.2) is 11.6 Å². The molecule has 7 heteroatoms. The highest BCUT2D eigenvalue weighted by molar-refractivity contribution is 6.08. The van der Waals surface area contributed by atoms with Crippen molar-refractivity contribution in [1.29, 1.82) is 0 Å². The zero-order valence-electron chi connectivity index (χ0n) is 16.1. The van der Waals surface area contributed by atoms with Crippen LogP contribution in [0.2, 0.25) is 0 Å². The minimum Gasteiger partial charge on any atom is -0.322 e. The molecule has 148 valence electrons. The number of anilines is 2. The summed E-state index contributed by atoms with van der Waals surface area (Å²) in [5.74, 6) is -3.12. The minimum absolute atomic E-state index is 0.0280. The number of nitrogens with one attached hydrogen (secondary N) is 2. The van der Waals surface area contributed by atoms with E-state index in [4.69, 9.17) is 0 Å². The molecule has 0 aliphatic rings. The van der Waals surface area contributed by atoms with Crippen molar-refractivity contribution < 1.29 is 18.4 Å². The van der Waals surface area contributed by atoms with Crippen LogP contribution < -0.4 is 10.6 Å². The molecule has 29 heavy (non-hydrogen) atoms. The molecule has 1 aromatic heterocycles. The average Bonchev–Trinajstić information content (AvgIpc) is 2.67. The maximum atomic E-state index is 13.3. The fraction of sp³-hybridized carbons (Fsp3) is 0.136.